The van der Waals surface area contributed by atoms with Gasteiger partial charge in [0.2, 0.25) is 0 Å². The molecule has 2 spiro atoms. The number of alkyl halides is 3. The molecule has 0 aromatic carbocycles. The van der Waals surface area contributed by atoms with Gasteiger partial charge in [-0.05, 0) is 50.7 Å². The van der Waals surface area contributed by atoms with Crippen molar-refractivity contribution in [2.75, 3.05) is 26.2 Å². The summed E-state index contributed by atoms with van der Waals surface area (Å²) in [7, 11) is 0. The van der Waals surface area contributed by atoms with Crippen LogP contribution in [0.5, 0.6) is 5.75 Å². The molecule has 0 bridgehead atoms. The lowest BCUT2D eigenvalue weighted by molar-refractivity contribution is -0.141. The molecule has 4 heterocycles. The zero-order chi connectivity index (χ0) is 24.0. The number of hydrogen-bond donors (Lipinski definition) is 1. The van der Waals surface area contributed by atoms with E-state index in [0.717, 1.165) is 75.8 Å². The maximum absolute atomic E-state index is 12.9. The lowest BCUT2D eigenvalue weighted by Crippen LogP contribution is -2.71. The average Bonchev–Trinajstić information content (AvgIpc) is 3.44. The van der Waals surface area contributed by atoms with Gasteiger partial charge in [0, 0.05) is 48.8 Å². The van der Waals surface area contributed by atoms with E-state index in [9.17, 15) is 18.0 Å². The third-order valence-corrected chi connectivity index (χ3v) is 8.51. The molecule has 2 amide bonds. The number of likely N-dealkylation sites (tertiary alicyclic amines) is 2. The lowest BCUT2D eigenvalue weighted by Gasteiger charge is -2.62. The van der Waals surface area contributed by atoms with Crippen molar-refractivity contribution < 1.29 is 22.7 Å². The van der Waals surface area contributed by atoms with Gasteiger partial charge in [0.15, 0.2) is 5.82 Å². The van der Waals surface area contributed by atoms with Crippen LogP contribution < -0.4 is 4.74 Å². The molecular formula is C24H27F3N6O2. The molecule has 1 N–H and O–H groups in total. The van der Waals surface area contributed by atoms with Gasteiger partial charge in [0.25, 0.3) is 0 Å². The fourth-order valence-electron chi connectivity index (χ4n) is 6.49. The Morgan fingerprint density at radius 3 is 2.23 bits per heavy atom. The molecule has 7 rings (SSSR count). The molecule has 0 atom stereocenters. The summed E-state index contributed by atoms with van der Waals surface area (Å²) in [5, 5.41) is 7.52. The minimum Gasteiger partial charge on any atom is -0.489 e. The third-order valence-electron chi connectivity index (χ3n) is 8.51. The number of halogens is 3. The van der Waals surface area contributed by atoms with E-state index in [4.69, 9.17) is 4.74 Å². The van der Waals surface area contributed by atoms with E-state index >= 15 is 0 Å². The number of hydrogen-bond acceptors (Lipinski definition) is 5. The maximum Gasteiger partial charge on any atom is 0.433 e. The highest BCUT2D eigenvalue weighted by Crippen LogP contribution is 2.56. The molecule has 2 aliphatic heterocycles. The van der Waals surface area contributed by atoms with Gasteiger partial charge < -0.3 is 14.5 Å². The van der Waals surface area contributed by atoms with Crippen molar-refractivity contribution >= 4 is 6.03 Å². The van der Waals surface area contributed by atoms with Gasteiger partial charge in [-0.15, -0.1) is 0 Å². The van der Waals surface area contributed by atoms with E-state index < -0.39 is 11.9 Å². The summed E-state index contributed by atoms with van der Waals surface area (Å²) >= 11 is 0. The number of aromatic amines is 1. The largest absolute Gasteiger partial charge is 0.489 e. The minimum absolute atomic E-state index is 0.0407. The summed E-state index contributed by atoms with van der Waals surface area (Å²) in [5.74, 6) is 3.33. The van der Waals surface area contributed by atoms with Gasteiger partial charge in [-0.2, -0.15) is 18.3 Å². The zero-order valence-corrected chi connectivity index (χ0v) is 19.2. The van der Waals surface area contributed by atoms with Gasteiger partial charge in [-0.1, -0.05) is 0 Å². The molecule has 8 nitrogen and oxygen atoms in total. The number of rotatable bonds is 4. The number of carbonyl (C=O) groups is 1. The number of amides is 2. The molecule has 5 aliphatic rings. The normalized spacial score (nSPS) is 25.1. The number of carbonyl (C=O) groups excluding carboxylic acids is 1. The van der Waals surface area contributed by atoms with Crippen molar-refractivity contribution in [1.82, 2.24) is 30.0 Å². The van der Waals surface area contributed by atoms with Gasteiger partial charge in [0.05, 0.1) is 6.20 Å². The second-order valence-electron chi connectivity index (χ2n) is 11.5. The summed E-state index contributed by atoms with van der Waals surface area (Å²) in [6.45, 7) is 3.09. The molecule has 186 valence electrons. The van der Waals surface area contributed by atoms with Crippen molar-refractivity contribution in [2.45, 2.75) is 62.6 Å². The number of H-pyrrole nitrogens is 1. The Bertz CT molecular complexity index is 1130. The van der Waals surface area contributed by atoms with Gasteiger partial charge in [-0.25, -0.2) is 14.8 Å². The molecule has 0 unspecified atom stereocenters. The van der Waals surface area contributed by atoms with Crippen LogP contribution in [0.15, 0.2) is 18.3 Å². The first-order valence-corrected chi connectivity index (χ1v) is 12.4. The Balaban J connectivity index is 0.840. The molecule has 2 saturated heterocycles. The Morgan fingerprint density at radius 2 is 1.66 bits per heavy atom. The monoisotopic (exact) mass is 488 g/mol. The van der Waals surface area contributed by atoms with Gasteiger partial charge >= 0.3 is 12.2 Å². The van der Waals surface area contributed by atoms with Crippen LogP contribution in [0.2, 0.25) is 0 Å². The van der Waals surface area contributed by atoms with Crippen LogP contribution in [-0.2, 0) is 6.18 Å². The fourth-order valence-corrected chi connectivity index (χ4v) is 6.49. The number of pyridine rings is 1. The minimum atomic E-state index is -4.45. The second kappa shape index (κ2) is 7.10. The van der Waals surface area contributed by atoms with E-state index in [2.05, 4.69) is 20.2 Å². The van der Waals surface area contributed by atoms with E-state index in [1.54, 1.807) is 0 Å². The van der Waals surface area contributed by atoms with E-state index in [0.29, 0.717) is 17.6 Å². The van der Waals surface area contributed by atoms with E-state index in [1.807, 2.05) is 9.80 Å². The third kappa shape index (κ3) is 3.65. The van der Waals surface area contributed by atoms with Crippen molar-refractivity contribution in [2.24, 2.45) is 10.8 Å². The molecule has 35 heavy (non-hydrogen) atoms. The van der Waals surface area contributed by atoms with Crippen LogP contribution in [0, 0.1) is 10.8 Å². The number of aromatic nitrogens is 4. The molecule has 0 radical (unpaired) electrons. The summed E-state index contributed by atoms with van der Waals surface area (Å²) in [4.78, 5) is 24.9. The standard InChI is InChI=1S/C24H27F3N6O2/c25-24(26,27)18-4-3-16(9-28-18)35-17-7-23(8-17)12-33(13-23)21(34)32-10-22(11-32)5-15(6-22)20-29-19(30-31-20)14-1-2-14/h3-4,9,14-15,17H,1-2,5-8,10-13H2,(H,29,30,31). The maximum atomic E-state index is 12.9. The number of urea groups is 1. The topological polar surface area (TPSA) is 87.2 Å². The highest BCUT2D eigenvalue weighted by molar-refractivity contribution is 5.77. The summed E-state index contributed by atoms with van der Waals surface area (Å²) in [5.41, 5.74) is -0.586. The molecule has 2 aromatic heterocycles. The number of nitrogens with one attached hydrogen (secondary N) is 1. The lowest BCUT2D eigenvalue weighted by atomic mass is 9.57. The molecule has 5 fully saturated rings. The van der Waals surface area contributed by atoms with Crippen molar-refractivity contribution in [3.05, 3.63) is 35.7 Å². The Hall–Kier alpha value is -2.85. The van der Waals surface area contributed by atoms with Crippen molar-refractivity contribution in [1.29, 1.82) is 0 Å². The van der Waals surface area contributed by atoms with Gasteiger partial charge in [0.1, 0.15) is 23.4 Å². The van der Waals surface area contributed by atoms with E-state index in [1.165, 1.54) is 18.9 Å². The summed E-state index contributed by atoms with van der Waals surface area (Å²) < 4.78 is 43.7. The average molecular weight is 489 g/mol. The van der Waals surface area contributed by atoms with Crippen LogP contribution in [0.3, 0.4) is 0 Å². The predicted octanol–water partition coefficient (Wildman–Crippen LogP) is 3.94. The molecule has 11 heteroatoms. The van der Waals surface area contributed by atoms with Gasteiger partial charge in [-0.3, -0.25) is 5.10 Å². The summed E-state index contributed by atoms with van der Waals surface area (Å²) in [6, 6.07) is 2.38. The molecule has 3 saturated carbocycles. The first-order valence-electron chi connectivity index (χ1n) is 12.4. The van der Waals surface area contributed by atoms with Crippen LogP contribution in [-0.4, -0.2) is 68.3 Å². The van der Waals surface area contributed by atoms with Crippen molar-refractivity contribution in [3.63, 3.8) is 0 Å². The van der Waals surface area contributed by atoms with Crippen LogP contribution in [0.1, 0.15) is 67.7 Å². The zero-order valence-electron chi connectivity index (χ0n) is 19.2. The van der Waals surface area contributed by atoms with Crippen LogP contribution >= 0.6 is 0 Å². The Kier molecular flexibility index (Phi) is 4.35. The van der Waals surface area contributed by atoms with Crippen LogP contribution in [0.25, 0.3) is 0 Å². The van der Waals surface area contributed by atoms with Crippen molar-refractivity contribution in [3.8, 4) is 5.75 Å². The second-order valence-corrected chi connectivity index (χ2v) is 11.5. The quantitative estimate of drug-likeness (QED) is 0.705. The molecular weight excluding hydrogens is 461 g/mol. The first-order chi connectivity index (χ1) is 16.7. The highest BCUT2D eigenvalue weighted by atomic mass is 19.4. The van der Waals surface area contributed by atoms with E-state index in [-0.39, 0.29) is 23.0 Å². The highest BCUT2D eigenvalue weighted by Gasteiger charge is 2.59. The fraction of sp³-hybridized carbons (Fsp3) is 0.667. The predicted molar refractivity (Wildman–Crippen MR) is 117 cm³/mol. The Morgan fingerprint density at radius 1 is 1.00 bits per heavy atom. The van der Waals surface area contributed by atoms with Crippen LogP contribution in [0.4, 0.5) is 18.0 Å². The number of nitrogens with zero attached hydrogens (tertiary/aromatic N) is 5. The Labute approximate surface area is 200 Å². The smallest absolute Gasteiger partial charge is 0.433 e. The molecule has 3 aliphatic carbocycles. The molecule has 2 aromatic rings. The first kappa shape index (κ1) is 21.4. The SMILES string of the molecule is O=C(N1CC2(CC(Oc3ccc(C(F)(F)F)nc3)C2)C1)N1CC2(CC(c3n[nH]c(C4CC4)n3)C2)C1. The number of ether oxygens (including phenoxy) is 1. The summed E-state index contributed by atoms with van der Waals surface area (Å²) in [6.07, 6.45) is 2.79.